The Morgan fingerprint density at radius 1 is 1.23 bits per heavy atom. The maximum atomic E-state index is 13.9. The Labute approximate surface area is 233 Å². The van der Waals surface area contributed by atoms with Crippen LogP contribution in [0.25, 0.3) is 10.9 Å². The van der Waals surface area contributed by atoms with Gasteiger partial charge in [-0.05, 0) is 63.5 Å². The molecule has 1 saturated carbocycles. The zero-order valence-corrected chi connectivity index (χ0v) is 23.5. The maximum Gasteiger partial charge on any atom is 0.271 e. The van der Waals surface area contributed by atoms with Crippen LogP contribution in [0.3, 0.4) is 0 Å². The fourth-order valence-electron chi connectivity index (χ4n) is 6.81. The molecule has 5 rings (SSSR count). The summed E-state index contributed by atoms with van der Waals surface area (Å²) >= 11 is 6.43. The minimum absolute atomic E-state index is 0.0950. The van der Waals surface area contributed by atoms with Crippen LogP contribution in [0.1, 0.15) is 75.7 Å². The number of hydrogen-bond acceptors (Lipinski definition) is 5. The molecule has 3 aliphatic rings. The van der Waals surface area contributed by atoms with Crippen molar-refractivity contribution in [3.63, 3.8) is 0 Å². The molecule has 3 atom stereocenters. The van der Waals surface area contributed by atoms with Crippen molar-refractivity contribution in [3.8, 4) is 11.8 Å². The summed E-state index contributed by atoms with van der Waals surface area (Å²) in [6, 6.07) is 5.89. The zero-order valence-electron chi connectivity index (χ0n) is 22.7. The summed E-state index contributed by atoms with van der Waals surface area (Å²) in [6.07, 6.45) is 6.65. The number of ether oxygens (including phenoxy) is 1. The lowest BCUT2D eigenvalue weighted by Gasteiger charge is -2.32. The number of nitrogens with one attached hydrogen (secondary N) is 3. The highest BCUT2D eigenvalue weighted by Gasteiger charge is 2.49. The van der Waals surface area contributed by atoms with Crippen molar-refractivity contribution in [1.82, 2.24) is 20.5 Å². The van der Waals surface area contributed by atoms with E-state index in [4.69, 9.17) is 16.3 Å². The van der Waals surface area contributed by atoms with Gasteiger partial charge >= 0.3 is 0 Å². The van der Waals surface area contributed by atoms with Crippen LogP contribution in [0.5, 0.6) is 5.75 Å². The van der Waals surface area contributed by atoms with Gasteiger partial charge in [0.1, 0.15) is 23.5 Å². The number of aromatic amines is 1. The number of nitrogens with zero attached hydrogens (tertiary/aromatic N) is 2. The summed E-state index contributed by atoms with van der Waals surface area (Å²) in [5.41, 5.74) is 0.545. The molecule has 0 bridgehead atoms. The van der Waals surface area contributed by atoms with Crippen molar-refractivity contribution in [2.45, 2.75) is 82.8 Å². The highest BCUT2D eigenvalue weighted by Crippen LogP contribution is 2.47. The van der Waals surface area contributed by atoms with E-state index < -0.39 is 12.1 Å². The number of nitriles is 1. The van der Waals surface area contributed by atoms with E-state index in [2.05, 4.69) is 21.7 Å². The van der Waals surface area contributed by atoms with E-state index in [1.54, 1.807) is 24.1 Å². The van der Waals surface area contributed by atoms with Crippen LogP contribution >= 0.6 is 11.6 Å². The van der Waals surface area contributed by atoms with Gasteiger partial charge in [0.05, 0.1) is 23.7 Å². The topological polar surface area (TPSA) is 127 Å². The van der Waals surface area contributed by atoms with Crippen molar-refractivity contribution in [2.24, 2.45) is 11.3 Å². The number of methoxy groups -OCH3 is 1. The van der Waals surface area contributed by atoms with Gasteiger partial charge in [-0.1, -0.05) is 30.9 Å². The molecule has 1 spiro atoms. The molecule has 3 heterocycles. The molecule has 9 nitrogen and oxygen atoms in total. The summed E-state index contributed by atoms with van der Waals surface area (Å²) in [7, 11) is 1.56. The second kappa shape index (κ2) is 10.4. The average molecular weight is 554 g/mol. The van der Waals surface area contributed by atoms with E-state index >= 15 is 0 Å². The van der Waals surface area contributed by atoms with Crippen molar-refractivity contribution in [3.05, 3.63) is 28.9 Å². The number of halogens is 1. The van der Waals surface area contributed by atoms with Crippen LogP contribution in [0, 0.1) is 22.7 Å². The third-order valence-electron chi connectivity index (χ3n) is 8.69. The molecule has 0 radical (unpaired) electrons. The van der Waals surface area contributed by atoms with Crippen LogP contribution < -0.4 is 15.4 Å². The number of H-pyrrole nitrogens is 1. The number of rotatable bonds is 6. The SMILES string of the molecule is COc1cc(Cl)c2[nH]c(C(=O)N3CC4(CCCCC4)C[C@H]3C(=O)N[C@H](C#N)C[C@@H]3CC(C)(C)NC3=O)cc2c1. The van der Waals surface area contributed by atoms with Crippen LogP contribution in [-0.2, 0) is 9.59 Å². The number of likely N-dealkylation sites (tertiary alicyclic amines) is 1. The Kier molecular flexibility index (Phi) is 7.27. The van der Waals surface area contributed by atoms with Gasteiger partial charge in [0, 0.05) is 29.5 Å². The number of carbonyl (C=O) groups is 3. The van der Waals surface area contributed by atoms with E-state index in [9.17, 15) is 19.6 Å². The van der Waals surface area contributed by atoms with E-state index in [1.807, 2.05) is 19.9 Å². The summed E-state index contributed by atoms with van der Waals surface area (Å²) in [5.74, 6) is -0.460. The predicted octanol–water partition coefficient (Wildman–Crippen LogP) is 4.31. The fraction of sp³-hybridized carbons (Fsp3) is 0.586. The Balaban J connectivity index is 1.38. The smallest absolute Gasteiger partial charge is 0.271 e. The third kappa shape index (κ3) is 5.44. The summed E-state index contributed by atoms with van der Waals surface area (Å²) in [5, 5.41) is 16.8. The van der Waals surface area contributed by atoms with Gasteiger partial charge in [0.2, 0.25) is 11.8 Å². The monoisotopic (exact) mass is 553 g/mol. The normalized spacial score (nSPS) is 24.4. The second-order valence-electron chi connectivity index (χ2n) is 12.2. The fourth-order valence-corrected chi connectivity index (χ4v) is 7.08. The average Bonchev–Trinajstić information content (AvgIpc) is 3.56. The lowest BCUT2D eigenvalue weighted by atomic mass is 9.72. The number of benzene rings is 1. The Hall–Kier alpha value is -3.25. The lowest BCUT2D eigenvalue weighted by Crippen LogP contribution is -2.49. The van der Waals surface area contributed by atoms with Gasteiger partial charge in [0.15, 0.2) is 0 Å². The molecule has 39 heavy (non-hydrogen) atoms. The molecule has 3 amide bonds. The van der Waals surface area contributed by atoms with Gasteiger partial charge in [0.25, 0.3) is 5.91 Å². The lowest BCUT2D eigenvalue weighted by molar-refractivity contribution is -0.126. The molecular formula is C29H36ClN5O4. The molecule has 0 unspecified atom stereocenters. The van der Waals surface area contributed by atoms with Crippen LogP contribution in [0.4, 0.5) is 0 Å². The van der Waals surface area contributed by atoms with Crippen LogP contribution in [0.15, 0.2) is 18.2 Å². The first kappa shape index (κ1) is 27.3. The van der Waals surface area contributed by atoms with Gasteiger partial charge in [-0.3, -0.25) is 14.4 Å². The van der Waals surface area contributed by atoms with E-state index in [-0.39, 0.29) is 41.0 Å². The first-order valence-electron chi connectivity index (χ1n) is 13.7. The zero-order chi connectivity index (χ0) is 27.9. The number of hydrogen-bond donors (Lipinski definition) is 3. The molecule has 3 N–H and O–H groups in total. The highest BCUT2D eigenvalue weighted by molar-refractivity contribution is 6.35. The maximum absolute atomic E-state index is 13.9. The van der Waals surface area contributed by atoms with Crippen molar-refractivity contribution in [1.29, 1.82) is 5.26 Å². The molecule has 10 heteroatoms. The van der Waals surface area contributed by atoms with Crippen molar-refractivity contribution in [2.75, 3.05) is 13.7 Å². The third-order valence-corrected chi connectivity index (χ3v) is 8.99. The predicted molar refractivity (Wildman–Crippen MR) is 147 cm³/mol. The molecule has 2 saturated heterocycles. The standard InChI is InChI=1S/C29H36ClN5O4/c1-28(2)13-18(25(36)34-28)9-19(15-31)32-26(37)23-14-29(7-5-4-6-8-29)16-35(23)27(38)22-11-17-10-20(39-3)12-21(30)24(17)33-22/h10-12,18-19,23,33H,4-9,13-14,16H2,1-3H3,(H,32,37)(H,34,36)/t18-,19+,23+/m1/s1. The van der Waals surface area contributed by atoms with E-state index in [0.29, 0.717) is 41.4 Å². The number of fused-ring (bicyclic) bond motifs is 1. The summed E-state index contributed by atoms with van der Waals surface area (Å²) in [6.45, 7) is 4.39. The second-order valence-corrected chi connectivity index (χ2v) is 12.6. The molecule has 3 fully saturated rings. The quantitative estimate of drug-likeness (QED) is 0.491. The van der Waals surface area contributed by atoms with Gasteiger partial charge in [-0.25, -0.2) is 0 Å². The molecule has 2 aliphatic heterocycles. The molecule has 1 aromatic carbocycles. The minimum atomic E-state index is -0.818. The Morgan fingerprint density at radius 2 is 1.97 bits per heavy atom. The van der Waals surface area contributed by atoms with Crippen molar-refractivity contribution < 1.29 is 19.1 Å². The molecular weight excluding hydrogens is 518 g/mol. The number of carbonyl (C=O) groups excluding carboxylic acids is 3. The van der Waals surface area contributed by atoms with Gasteiger partial charge in [-0.2, -0.15) is 5.26 Å². The van der Waals surface area contributed by atoms with E-state index in [1.165, 1.54) is 0 Å². The molecule has 208 valence electrons. The molecule has 2 aromatic rings. The Morgan fingerprint density at radius 3 is 2.62 bits per heavy atom. The largest absolute Gasteiger partial charge is 0.497 e. The van der Waals surface area contributed by atoms with E-state index in [0.717, 1.165) is 37.5 Å². The molecule has 1 aliphatic carbocycles. The number of aromatic nitrogens is 1. The first-order valence-corrected chi connectivity index (χ1v) is 14.1. The summed E-state index contributed by atoms with van der Waals surface area (Å²) < 4.78 is 5.31. The van der Waals surface area contributed by atoms with Gasteiger partial charge < -0.3 is 25.3 Å². The Bertz CT molecular complexity index is 1340. The molecule has 1 aromatic heterocycles. The van der Waals surface area contributed by atoms with Crippen LogP contribution in [0.2, 0.25) is 5.02 Å². The highest BCUT2D eigenvalue weighted by atomic mass is 35.5. The summed E-state index contributed by atoms with van der Waals surface area (Å²) in [4.78, 5) is 44.8. The minimum Gasteiger partial charge on any atom is -0.497 e. The number of amides is 3. The van der Waals surface area contributed by atoms with Gasteiger partial charge in [-0.15, -0.1) is 0 Å². The first-order chi connectivity index (χ1) is 18.5. The van der Waals surface area contributed by atoms with Crippen LogP contribution in [-0.4, -0.2) is 58.9 Å². The van der Waals surface area contributed by atoms with Crippen molar-refractivity contribution >= 4 is 40.2 Å².